The Morgan fingerprint density at radius 2 is 1.81 bits per heavy atom. The summed E-state index contributed by atoms with van der Waals surface area (Å²) in [6.07, 6.45) is 5.47. The molecule has 6 aliphatic rings. The molecule has 168 valence electrons. The first-order valence-corrected chi connectivity index (χ1v) is 12.1. The molecule has 2 bridgehead atoms. The van der Waals surface area contributed by atoms with Crippen molar-refractivity contribution in [2.24, 2.45) is 5.92 Å². The standard InChI is InChI=1S/C25H28N2O5/c28-17-4-3-13-9-18-25(31)6-5-16(27-22(29)14-10-15(14)23(27)30)21-24(25,19(13)20(17)32-21)7-8-26(18)11-12-1-2-12/h3-4,12,16,18,21,28-31H,1-2,5-11H2/t16-,18-,21+,24+,25-/m1/s1. The number of aliphatic hydroxyl groups is 1. The van der Waals surface area contributed by atoms with Crippen molar-refractivity contribution >= 4 is 0 Å². The van der Waals surface area contributed by atoms with Crippen LogP contribution < -0.4 is 4.74 Å². The van der Waals surface area contributed by atoms with Crippen molar-refractivity contribution in [2.45, 2.75) is 74.1 Å². The highest BCUT2D eigenvalue weighted by atomic mass is 16.5. The molecule has 0 radical (unpaired) electrons. The molecule has 3 fully saturated rings. The van der Waals surface area contributed by atoms with Crippen molar-refractivity contribution in [1.82, 2.24) is 9.47 Å². The second-order valence-corrected chi connectivity index (χ2v) is 11.0. The minimum Gasteiger partial charge on any atom is -0.504 e. The Balaban J connectivity index is 1.33. The maximum Gasteiger partial charge on any atom is 0.198 e. The van der Waals surface area contributed by atoms with Gasteiger partial charge >= 0.3 is 0 Å². The summed E-state index contributed by atoms with van der Waals surface area (Å²) >= 11 is 0. The molecule has 5 atom stereocenters. The summed E-state index contributed by atoms with van der Waals surface area (Å²) in [6.45, 7) is 1.94. The summed E-state index contributed by atoms with van der Waals surface area (Å²) in [5, 5.41) is 44.8. The van der Waals surface area contributed by atoms with Crippen LogP contribution in [0.25, 0.3) is 0 Å². The molecule has 7 heteroatoms. The maximum atomic E-state index is 12.5. The van der Waals surface area contributed by atoms with Gasteiger partial charge in [-0.15, -0.1) is 0 Å². The van der Waals surface area contributed by atoms with E-state index in [1.165, 1.54) is 12.8 Å². The Hall–Kier alpha value is -2.38. The first-order chi connectivity index (χ1) is 15.4. The highest BCUT2D eigenvalue weighted by molar-refractivity contribution is 5.64. The molecular weight excluding hydrogens is 408 g/mol. The van der Waals surface area contributed by atoms with E-state index < -0.39 is 17.1 Å². The average molecular weight is 437 g/mol. The molecule has 1 spiro atoms. The van der Waals surface area contributed by atoms with Crippen LogP contribution in [0.15, 0.2) is 12.1 Å². The van der Waals surface area contributed by atoms with Crippen LogP contribution in [0.3, 0.4) is 0 Å². The number of aromatic hydroxyl groups is 3. The van der Waals surface area contributed by atoms with Gasteiger partial charge in [-0.05, 0) is 62.6 Å². The molecule has 4 aliphatic carbocycles. The lowest BCUT2D eigenvalue weighted by atomic mass is 9.48. The lowest BCUT2D eigenvalue weighted by Crippen LogP contribution is -2.76. The van der Waals surface area contributed by atoms with E-state index in [4.69, 9.17) is 4.74 Å². The minimum atomic E-state index is -0.957. The summed E-state index contributed by atoms with van der Waals surface area (Å²) in [5.41, 5.74) is 2.17. The number of ether oxygens (including phenoxy) is 1. The van der Waals surface area contributed by atoms with Crippen molar-refractivity contribution in [3.63, 3.8) is 0 Å². The molecule has 0 amide bonds. The molecule has 3 heterocycles. The van der Waals surface area contributed by atoms with Crippen molar-refractivity contribution in [3.8, 4) is 23.3 Å². The van der Waals surface area contributed by atoms with E-state index in [-0.39, 0.29) is 29.6 Å². The van der Waals surface area contributed by atoms with Gasteiger partial charge in [0.25, 0.3) is 0 Å². The van der Waals surface area contributed by atoms with Gasteiger partial charge < -0.3 is 25.2 Å². The van der Waals surface area contributed by atoms with E-state index in [2.05, 4.69) is 4.90 Å². The molecule has 32 heavy (non-hydrogen) atoms. The third-order valence-electron chi connectivity index (χ3n) is 9.65. The Morgan fingerprint density at radius 3 is 2.56 bits per heavy atom. The maximum absolute atomic E-state index is 12.5. The monoisotopic (exact) mass is 436 g/mol. The first-order valence-electron chi connectivity index (χ1n) is 12.1. The first kappa shape index (κ1) is 18.1. The second-order valence-electron chi connectivity index (χ2n) is 11.0. The number of phenols is 1. The zero-order valence-corrected chi connectivity index (χ0v) is 17.9. The van der Waals surface area contributed by atoms with Gasteiger partial charge in [0.05, 0.1) is 17.1 Å². The quantitative estimate of drug-likeness (QED) is 0.503. The number of phenolic OH excluding ortho intramolecular Hbond substituents is 1. The van der Waals surface area contributed by atoms with Gasteiger partial charge in [-0.1, -0.05) is 6.07 Å². The number of benzene rings is 1. The van der Waals surface area contributed by atoms with Gasteiger partial charge in [0.15, 0.2) is 23.3 Å². The van der Waals surface area contributed by atoms with Crippen LogP contribution in [0.1, 0.15) is 60.4 Å². The largest absolute Gasteiger partial charge is 0.504 e. The molecular formula is C25H28N2O5. The predicted octanol–water partition coefficient (Wildman–Crippen LogP) is 2.31. The molecule has 2 saturated carbocycles. The average Bonchev–Trinajstić information content (AvgIpc) is 3.67. The molecule has 1 saturated heterocycles. The van der Waals surface area contributed by atoms with Crippen LogP contribution in [0.4, 0.5) is 0 Å². The van der Waals surface area contributed by atoms with Crippen LogP contribution in [0.5, 0.6) is 23.3 Å². The topological polar surface area (TPSA) is 98.3 Å². The van der Waals surface area contributed by atoms with Gasteiger partial charge in [0.1, 0.15) is 6.10 Å². The van der Waals surface area contributed by atoms with Crippen LogP contribution in [-0.2, 0) is 18.3 Å². The minimum absolute atomic E-state index is 0.0257. The van der Waals surface area contributed by atoms with Crippen molar-refractivity contribution in [1.29, 1.82) is 0 Å². The molecule has 4 N–H and O–H groups in total. The molecule has 2 aliphatic heterocycles. The molecule has 2 aromatic rings. The molecule has 7 nitrogen and oxygen atoms in total. The van der Waals surface area contributed by atoms with Gasteiger partial charge in [-0.2, -0.15) is 0 Å². The van der Waals surface area contributed by atoms with E-state index >= 15 is 0 Å². The summed E-state index contributed by atoms with van der Waals surface area (Å²) in [5.74, 6) is 1.62. The Morgan fingerprint density at radius 1 is 1.03 bits per heavy atom. The number of piperidine rings is 1. The predicted molar refractivity (Wildman–Crippen MR) is 114 cm³/mol. The molecule has 8 rings (SSSR count). The van der Waals surface area contributed by atoms with Crippen LogP contribution in [0, 0.1) is 5.92 Å². The summed E-state index contributed by atoms with van der Waals surface area (Å²) in [4.78, 5) is 2.51. The number of fused-ring (bicyclic) bond motifs is 1. The summed E-state index contributed by atoms with van der Waals surface area (Å²) in [7, 11) is 0. The SMILES string of the molecule is Oc1ccc2c3c1O[C@H]1[C@H](n4c(O)c5c(c4O)C5)CC[C@@]4(O)[C@@H](C2)N(CC2CC2)CC[C@]314. The van der Waals surface area contributed by atoms with Crippen LogP contribution >= 0.6 is 0 Å². The fourth-order valence-electron chi connectivity index (χ4n) is 7.99. The smallest absolute Gasteiger partial charge is 0.198 e. The third-order valence-corrected chi connectivity index (χ3v) is 9.65. The van der Waals surface area contributed by atoms with Crippen molar-refractivity contribution < 1.29 is 25.2 Å². The van der Waals surface area contributed by atoms with E-state index in [1.807, 2.05) is 6.07 Å². The molecule has 0 unspecified atom stereocenters. The third kappa shape index (κ3) is 1.86. The highest BCUT2D eigenvalue weighted by Gasteiger charge is 2.73. The number of rotatable bonds is 3. The van der Waals surface area contributed by atoms with Crippen molar-refractivity contribution in [2.75, 3.05) is 13.1 Å². The number of aromatic nitrogens is 1. The molecule has 1 aromatic carbocycles. The fraction of sp³-hybridized carbons (Fsp3) is 0.600. The normalized spacial score (nSPS) is 38.2. The van der Waals surface area contributed by atoms with Crippen molar-refractivity contribution in [3.05, 3.63) is 34.4 Å². The molecule has 1 aromatic heterocycles. The lowest BCUT2D eigenvalue weighted by molar-refractivity contribution is -0.196. The zero-order valence-electron chi connectivity index (χ0n) is 17.9. The second kappa shape index (κ2) is 5.39. The van der Waals surface area contributed by atoms with Gasteiger partial charge in [0.2, 0.25) is 0 Å². The Kier molecular flexibility index (Phi) is 3.05. The highest BCUT2D eigenvalue weighted by Crippen LogP contribution is 2.68. The number of likely N-dealkylation sites (tertiary alicyclic amines) is 1. The van der Waals surface area contributed by atoms with Crippen LogP contribution in [0.2, 0.25) is 0 Å². The van der Waals surface area contributed by atoms with Crippen LogP contribution in [-0.4, -0.2) is 60.7 Å². The number of hydrogen-bond donors (Lipinski definition) is 4. The van der Waals surface area contributed by atoms with Gasteiger partial charge in [-0.25, -0.2) is 0 Å². The zero-order chi connectivity index (χ0) is 21.6. The van der Waals surface area contributed by atoms with Gasteiger partial charge in [-0.3, -0.25) is 9.47 Å². The Labute approximate surface area is 185 Å². The van der Waals surface area contributed by atoms with E-state index in [0.29, 0.717) is 25.0 Å². The van der Waals surface area contributed by atoms with E-state index in [0.717, 1.165) is 54.1 Å². The summed E-state index contributed by atoms with van der Waals surface area (Å²) in [6, 6.07) is 3.45. The Bertz CT molecular complexity index is 1180. The summed E-state index contributed by atoms with van der Waals surface area (Å²) < 4.78 is 8.17. The van der Waals surface area contributed by atoms with Gasteiger partial charge in [0, 0.05) is 35.7 Å². The lowest BCUT2D eigenvalue weighted by Gasteiger charge is -2.64. The number of nitrogens with zero attached hydrogens (tertiary/aromatic N) is 2. The van der Waals surface area contributed by atoms with E-state index in [9.17, 15) is 20.4 Å². The van der Waals surface area contributed by atoms with E-state index in [1.54, 1.807) is 10.6 Å². The number of hydrogen-bond acceptors (Lipinski definition) is 6. The fourth-order valence-corrected chi connectivity index (χ4v) is 7.99.